The van der Waals surface area contributed by atoms with E-state index < -0.39 is 0 Å². The minimum absolute atomic E-state index is 0.0201. The SMILES string of the molecule is COC(=O)CCC(Cc1ccc(O)cc1)NC(=O)CCCCCCc1ccccc1. The Morgan fingerprint density at radius 2 is 1.60 bits per heavy atom. The second-order valence-corrected chi connectivity index (χ2v) is 7.65. The number of hydrogen-bond donors (Lipinski definition) is 2. The fourth-order valence-electron chi connectivity index (χ4n) is 3.45. The quantitative estimate of drug-likeness (QED) is 0.374. The van der Waals surface area contributed by atoms with Gasteiger partial charge in [-0.15, -0.1) is 0 Å². The number of phenolic OH excluding ortho intramolecular Hbond substituents is 1. The fourth-order valence-corrected chi connectivity index (χ4v) is 3.45. The first-order valence-electron chi connectivity index (χ1n) is 10.7. The molecule has 0 fully saturated rings. The number of aryl methyl sites for hydroxylation is 1. The summed E-state index contributed by atoms with van der Waals surface area (Å²) in [5, 5.41) is 12.5. The Labute approximate surface area is 179 Å². The first kappa shape index (κ1) is 23.5. The van der Waals surface area contributed by atoms with Crippen molar-refractivity contribution >= 4 is 11.9 Å². The van der Waals surface area contributed by atoms with E-state index in [-0.39, 0.29) is 30.1 Å². The van der Waals surface area contributed by atoms with Gasteiger partial charge in [0.2, 0.25) is 5.91 Å². The van der Waals surface area contributed by atoms with E-state index in [9.17, 15) is 14.7 Å². The smallest absolute Gasteiger partial charge is 0.305 e. The van der Waals surface area contributed by atoms with Crippen LogP contribution in [-0.2, 0) is 27.2 Å². The summed E-state index contributed by atoms with van der Waals surface area (Å²) >= 11 is 0. The molecule has 0 aliphatic carbocycles. The molecule has 1 unspecified atom stereocenters. The molecular weight excluding hydrogens is 378 g/mol. The van der Waals surface area contributed by atoms with E-state index in [0.29, 0.717) is 19.3 Å². The Bertz CT molecular complexity index is 758. The average Bonchev–Trinajstić information content (AvgIpc) is 2.76. The van der Waals surface area contributed by atoms with Crippen LogP contribution < -0.4 is 5.32 Å². The number of phenols is 1. The van der Waals surface area contributed by atoms with Crippen molar-refractivity contribution in [1.82, 2.24) is 5.32 Å². The minimum Gasteiger partial charge on any atom is -0.508 e. The molecule has 1 atom stereocenters. The highest BCUT2D eigenvalue weighted by atomic mass is 16.5. The highest BCUT2D eigenvalue weighted by Gasteiger charge is 2.15. The molecule has 2 aromatic rings. The van der Waals surface area contributed by atoms with Gasteiger partial charge in [0.05, 0.1) is 7.11 Å². The van der Waals surface area contributed by atoms with Gasteiger partial charge < -0.3 is 15.2 Å². The van der Waals surface area contributed by atoms with Crippen molar-refractivity contribution < 1.29 is 19.4 Å². The van der Waals surface area contributed by atoms with Crippen LogP contribution in [0.25, 0.3) is 0 Å². The van der Waals surface area contributed by atoms with Crippen molar-refractivity contribution in [2.75, 3.05) is 7.11 Å². The van der Waals surface area contributed by atoms with Gasteiger partial charge in [-0.25, -0.2) is 0 Å². The van der Waals surface area contributed by atoms with E-state index in [2.05, 4.69) is 29.6 Å². The molecule has 0 saturated heterocycles. The largest absolute Gasteiger partial charge is 0.508 e. The molecule has 30 heavy (non-hydrogen) atoms. The summed E-state index contributed by atoms with van der Waals surface area (Å²) in [5.41, 5.74) is 2.36. The second kappa shape index (κ2) is 13.4. The third-order valence-electron chi connectivity index (χ3n) is 5.17. The molecule has 0 radical (unpaired) electrons. The number of methoxy groups -OCH3 is 1. The summed E-state index contributed by atoms with van der Waals surface area (Å²) in [5.74, 6) is -0.0498. The van der Waals surface area contributed by atoms with Crippen LogP contribution in [-0.4, -0.2) is 30.1 Å². The Morgan fingerprint density at radius 3 is 2.30 bits per heavy atom. The van der Waals surface area contributed by atoms with Crippen LogP contribution in [0.1, 0.15) is 56.1 Å². The summed E-state index contributed by atoms with van der Waals surface area (Å²) in [6, 6.07) is 17.2. The molecule has 2 N–H and O–H groups in total. The van der Waals surface area contributed by atoms with Gasteiger partial charge in [-0.3, -0.25) is 9.59 Å². The Kier molecular flexibility index (Phi) is 10.5. The van der Waals surface area contributed by atoms with E-state index >= 15 is 0 Å². The van der Waals surface area contributed by atoms with Gasteiger partial charge >= 0.3 is 5.97 Å². The van der Waals surface area contributed by atoms with Gasteiger partial charge in [0.1, 0.15) is 5.75 Å². The summed E-state index contributed by atoms with van der Waals surface area (Å²) in [6.45, 7) is 0. The van der Waals surface area contributed by atoms with Crippen LogP contribution in [0.15, 0.2) is 54.6 Å². The summed E-state index contributed by atoms with van der Waals surface area (Å²) in [4.78, 5) is 23.9. The lowest BCUT2D eigenvalue weighted by atomic mass is 10.0. The topological polar surface area (TPSA) is 75.6 Å². The van der Waals surface area contributed by atoms with Crippen molar-refractivity contribution in [3.05, 3.63) is 65.7 Å². The molecule has 2 rings (SSSR count). The van der Waals surface area contributed by atoms with Crippen LogP contribution in [0, 0.1) is 0 Å². The number of ether oxygens (including phenoxy) is 1. The number of benzene rings is 2. The van der Waals surface area contributed by atoms with Crippen molar-refractivity contribution in [2.24, 2.45) is 0 Å². The number of nitrogens with one attached hydrogen (secondary N) is 1. The summed E-state index contributed by atoms with van der Waals surface area (Å²) in [7, 11) is 1.37. The summed E-state index contributed by atoms with van der Waals surface area (Å²) < 4.78 is 4.72. The molecule has 0 bridgehead atoms. The predicted octanol–water partition coefficient (Wildman–Crippen LogP) is 4.57. The normalized spacial score (nSPS) is 11.6. The van der Waals surface area contributed by atoms with E-state index in [1.165, 1.54) is 12.7 Å². The lowest BCUT2D eigenvalue weighted by Gasteiger charge is -2.19. The number of unbranched alkanes of at least 4 members (excludes halogenated alkanes) is 3. The van der Waals surface area contributed by atoms with Crippen LogP contribution in [0.4, 0.5) is 0 Å². The maximum atomic E-state index is 12.4. The number of carbonyl (C=O) groups is 2. The van der Waals surface area contributed by atoms with Gasteiger partial charge in [0, 0.05) is 18.9 Å². The van der Waals surface area contributed by atoms with Gasteiger partial charge in [0.25, 0.3) is 0 Å². The number of esters is 1. The maximum absolute atomic E-state index is 12.4. The second-order valence-electron chi connectivity index (χ2n) is 7.65. The number of carbonyl (C=O) groups excluding carboxylic acids is 2. The molecule has 5 nitrogen and oxygen atoms in total. The van der Waals surface area contributed by atoms with Crippen molar-refractivity contribution in [3.63, 3.8) is 0 Å². The molecule has 2 aromatic carbocycles. The third-order valence-corrected chi connectivity index (χ3v) is 5.17. The molecule has 0 aliphatic rings. The molecule has 0 spiro atoms. The molecule has 0 heterocycles. The van der Waals surface area contributed by atoms with Crippen LogP contribution in [0.2, 0.25) is 0 Å². The first-order chi connectivity index (χ1) is 14.6. The first-order valence-corrected chi connectivity index (χ1v) is 10.7. The van der Waals surface area contributed by atoms with Crippen LogP contribution >= 0.6 is 0 Å². The van der Waals surface area contributed by atoms with E-state index in [1.807, 2.05) is 18.2 Å². The molecule has 5 heteroatoms. The third kappa shape index (κ3) is 9.59. The maximum Gasteiger partial charge on any atom is 0.305 e. The number of rotatable bonds is 13. The highest BCUT2D eigenvalue weighted by molar-refractivity contribution is 5.76. The zero-order chi connectivity index (χ0) is 21.6. The van der Waals surface area contributed by atoms with Gasteiger partial charge in [-0.2, -0.15) is 0 Å². The van der Waals surface area contributed by atoms with Crippen LogP contribution in [0.3, 0.4) is 0 Å². The van der Waals surface area contributed by atoms with Crippen molar-refractivity contribution in [1.29, 1.82) is 0 Å². The number of amides is 1. The van der Waals surface area contributed by atoms with Crippen LogP contribution in [0.5, 0.6) is 5.75 Å². The molecule has 0 aliphatic heterocycles. The molecular formula is C25H33NO4. The summed E-state index contributed by atoms with van der Waals surface area (Å²) in [6.07, 6.45) is 7.12. The fraction of sp³-hybridized carbons (Fsp3) is 0.440. The molecule has 0 aromatic heterocycles. The lowest BCUT2D eigenvalue weighted by Crippen LogP contribution is -2.36. The number of aromatic hydroxyl groups is 1. The van der Waals surface area contributed by atoms with Gasteiger partial charge in [-0.05, 0) is 55.4 Å². The number of hydrogen-bond acceptors (Lipinski definition) is 4. The van der Waals surface area contributed by atoms with E-state index in [1.54, 1.807) is 12.1 Å². The molecule has 1 amide bonds. The lowest BCUT2D eigenvalue weighted by molar-refractivity contribution is -0.141. The zero-order valence-corrected chi connectivity index (χ0v) is 17.8. The van der Waals surface area contributed by atoms with Gasteiger partial charge in [-0.1, -0.05) is 55.3 Å². The zero-order valence-electron chi connectivity index (χ0n) is 17.8. The Hall–Kier alpha value is -2.82. The van der Waals surface area contributed by atoms with E-state index in [0.717, 1.165) is 37.7 Å². The molecule has 162 valence electrons. The monoisotopic (exact) mass is 411 g/mol. The van der Waals surface area contributed by atoms with Gasteiger partial charge in [0.15, 0.2) is 0 Å². The Morgan fingerprint density at radius 1 is 0.900 bits per heavy atom. The van der Waals surface area contributed by atoms with Crippen molar-refractivity contribution in [2.45, 2.75) is 63.8 Å². The minimum atomic E-state index is -0.279. The predicted molar refractivity (Wildman–Crippen MR) is 118 cm³/mol. The van der Waals surface area contributed by atoms with E-state index in [4.69, 9.17) is 4.74 Å². The Balaban J connectivity index is 1.71. The van der Waals surface area contributed by atoms with Crippen molar-refractivity contribution in [3.8, 4) is 5.75 Å². The molecule has 0 saturated carbocycles. The average molecular weight is 412 g/mol. The standard InChI is InChI=1S/C25H33NO4/c1-30-25(29)18-15-22(19-21-13-16-23(27)17-14-21)26-24(28)12-8-3-2-5-9-20-10-6-4-7-11-20/h4,6-7,10-11,13-14,16-17,22,27H,2-3,5,8-9,12,15,18-19H2,1H3,(H,26,28). The highest BCUT2D eigenvalue weighted by Crippen LogP contribution is 2.14.